The molecule has 0 saturated carbocycles. The molecule has 1 aromatic heterocycles. The van der Waals surface area contributed by atoms with Crippen molar-refractivity contribution in [1.29, 1.82) is 0 Å². The Morgan fingerprint density at radius 2 is 1.55 bits per heavy atom. The van der Waals surface area contributed by atoms with Crippen molar-refractivity contribution >= 4 is 24.8 Å². The minimum atomic E-state index is -1.79. The van der Waals surface area contributed by atoms with Crippen LogP contribution in [0.15, 0.2) is 73.1 Å². The summed E-state index contributed by atoms with van der Waals surface area (Å²) in [6, 6.07) is 16.8. The SMILES string of the molecule is Cc1ccc(C(=O)NC[C@H](NC(=O)c2cncc(-c3ccccc3)c2)C(=O)N[C@@H](CC(C)C)B(O)O)cc1. The number of nitrogens with zero attached hydrogens (tertiary/aromatic N) is 1. The number of aromatic nitrogens is 1. The number of amides is 3. The van der Waals surface area contributed by atoms with Crippen LogP contribution in [0.3, 0.4) is 0 Å². The van der Waals surface area contributed by atoms with E-state index in [4.69, 9.17) is 0 Å². The predicted octanol–water partition coefficient (Wildman–Crippen LogP) is 2.13. The Morgan fingerprint density at radius 3 is 2.18 bits per heavy atom. The van der Waals surface area contributed by atoms with Crippen LogP contribution >= 0.6 is 0 Å². The van der Waals surface area contributed by atoms with Gasteiger partial charge in [0.15, 0.2) is 0 Å². The zero-order valence-corrected chi connectivity index (χ0v) is 21.7. The number of rotatable bonds is 11. The summed E-state index contributed by atoms with van der Waals surface area (Å²) >= 11 is 0. The highest BCUT2D eigenvalue weighted by Gasteiger charge is 2.30. The van der Waals surface area contributed by atoms with E-state index in [2.05, 4.69) is 20.9 Å². The normalized spacial score (nSPS) is 12.4. The number of nitrogens with one attached hydrogen (secondary N) is 3. The molecule has 0 saturated heterocycles. The molecular weight excluding hydrogens is 483 g/mol. The monoisotopic (exact) mass is 516 g/mol. The van der Waals surface area contributed by atoms with Crippen molar-refractivity contribution in [2.75, 3.05) is 6.54 Å². The van der Waals surface area contributed by atoms with Gasteiger partial charge in [-0.1, -0.05) is 61.9 Å². The lowest BCUT2D eigenvalue weighted by Gasteiger charge is -2.24. The van der Waals surface area contributed by atoms with Crippen LogP contribution in [-0.4, -0.2) is 58.4 Å². The highest BCUT2D eigenvalue weighted by molar-refractivity contribution is 6.43. The van der Waals surface area contributed by atoms with E-state index in [-0.39, 0.29) is 18.0 Å². The maximum Gasteiger partial charge on any atom is 0.475 e. The molecule has 0 spiro atoms. The summed E-state index contributed by atoms with van der Waals surface area (Å²) in [6.45, 7) is 5.46. The molecule has 0 aliphatic heterocycles. The average Bonchev–Trinajstić information content (AvgIpc) is 2.91. The van der Waals surface area contributed by atoms with Crippen LogP contribution in [0.2, 0.25) is 0 Å². The molecule has 3 aromatic rings. The lowest BCUT2D eigenvalue weighted by molar-refractivity contribution is -0.123. The molecule has 3 rings (SSSR count). The lowest BCUT2D eigenvalue weighted by Crippen LogP contribution is -2.57. The smallest absolute Gasteiger partial charge is 0.426 e. The highest BCUT2D eigenvalue weighted by atomic mass is 16.4. The van der Waals surface area contributed by atoms with Gasteiger partial charge in [-0.05, 0) is 43.0 Å². The third-order valence-electron chi connectivity index (χ3n) is 5.92. The second kappa shape index (κ2) is 13.5. The number of carbonyl (C=O) groups is 3. The molecular formula is C28H33BN4O5. The van der Waals surface area contributed by atoms with Crippen molar-refractivity contribution in [3.63, 3.8) is 0 Å². The molecule has 9 nitrogen and oxygen atoms in total. The van der Waals surface area contributed by atoms with Gasteiger partial charge in [-0.2, -0.15) is 0 Å². The quantitative estimate of drug-likeness (QED) is 0.248. The third kappa shape index (κ3) is 8.26. The summed E-state index contributed by atoms with van der Waals surface area (Å²) in [5, 5.41) is 27.4. The molecule has 0 aliphatic carbocycles. The molecule has 0 aliphatic rings. The second-order valence-electron chi connectivity index (χ2n) is 9.59. The Hall–Kier alpha value is -4.02. The minimum Gasteiger partial charge on any atom is -0.426 e. The van der Waals surface area contributed by atoms with Gasteiger partial charge in [0, 0.05) is 30.1 Å². The molecule has 198 valence electrons. The standard InChI is InChI=1S/C28H33BN4O5/c1-18(2)13-25(29(37)38)33-28(36)24(17-31-26(34)21-11-9-19(3)10-12-21)32-27(35)23-14-22(15-30-16-23)20-7-5-4-6-8-20/h4-12,14-16,18,24-25,37-38H,13,17H2,1-3H3,(H,31,34)(H,32,35)(H,33,36)/t24-,25-/m0/s1. The number of aryl methyl sites for hydroxylation is 1. The minimum absolute atomic E-state index is 0.0724. The molecule has 2 atom stereocenters. The van der Waals surface area contributed by atoms with Crippen molar-refractivity contribution in [1.82, 2.24) is 20.9 Å². The summed E-state index contributed by atoms with van der Waals surface area (Å²) in [7, 11) is -1.79. The second-order valence-corrected chi connectivity index (χ2v) is 9.59. The van der Waals surface area contributed by atoms with Crippen LogP contribution in [0.25, 0.3) is 11.1 Å². The highest BCUT2D eigenvalue weighted by Crippen LogP contribution is 2.19. The van der Waals surface area contributed by atoms with Crippen LogP contribution in [0.1, 0.15) is 46.5 Å². The van der Waals surface area contributed by atoms with Gasteiger partial charge in [0.05, 0.1) is 11.5 Å². The summed E-state index contributed by atoms with van der Waals surface area (Å²) in [5.41, 5.74) is 3.24. The van der Waals surface area contributed by atoms with E-state index in [1.807, 2.05) is 51.1 Å². The Balaban J connectivity index is 1.79. The summed E-state index contributed by atoms with van der Waals surface area (Å²) in [4.78, 5) is 43.2. The molecule has 5 N–H and O–H groups in total. The van der Waals surface area contributed by atoms with Gasteiger partial charge in [0.2, 0.25) is 5.91 Å². The van der Waals surface area contributed by atoms with E-state index in [1.54, 1.807) is 36.5 Å². The van der Waals surface area contributed by atoms with Gasteiger partial charge in [-0.3, -0.25) is 19.4 Å². The summed E-state index contributed by atoms with van der Waals surface area (Å²) in [5.74, 6) is -2.51. The fraction of sp³-hybridized carbons (Fsp3) is 0.286. The van der Waals surface area contributed by atoms with Gasteiger partial charge < -0.3 is 26.0 Å². The summed E-state index contributed by atoms with van der Waals surface area (Å²) < 4.78 is 0. The van der Waals surface area contributed by atoms with Crippen LogP contribution in [0.5, 0.6) is 0 Å². The van der Waals surface area contributed by atoms with E-state index >= 15 is 0 Å². The van der Waals surface area contributed by atoms with Crippen LogP contribution in [0.4, 0.5) is 0 Å². The molecule has 0 unspecified atom stereocenters. The Morgan fingerprint density at radius 1 is 0.868 bits per heavy atom. The Kier molecular flexibility index (Phi) is 10.1. The average molecular weight is 516 g/mol. The number of hydrogen-bond acceptors (Lipinski definition) is 6. The number of hydrogen-bond donors (Lipinski definition) is 5. The predicted molar refractivity (Wildman–Crippen MR) is 146 cm³/mol. The first-order valence-corrected chi connectivity index (χ1v) is 12.5. The van der Waals surface area contributed by atoms with Crippen molar-refractivity contribution in [3.8, 4) is 11.1 Å². The largest absolute Gasteiger partial charge is 0.475 e. The number of benzene rings is 2. The first-order valence-electron chi connectivity index (χ1n) is 12.5. The maximum absolute atomic E-state index is 13.2. The van der Waals surface area contributed by atoms with E-state index in [0.29, 0.717) is 12.0 Å². The maximum atomic E-state index is 13.2. The van der Waals surface area contributed by atoms with Gasteiger partial charge >= 0.3 is 7.12 Å². The van der Waals surface area contributed by atoms with Crippen molar-refractivity contribution < 1.29 is 24.4 Å². The van der Waals surface area contributed by atoms with Crippen molar-refractivity contribution in [3.05, 3.63) is 89.7 Å². The van der Waals surface area contributed by atoms with Gasteiger partial charge in [-0.25, -0.2) is 0 Å². The molecule has 2 aromatic carbocycles. The van der Waals surface area contributed by atoms with E-state index < -0.39 is 36.8 Å². The zero-order chi connectivity index (χ0) is 27.7. The zero-order valence-electron chi connectivity index (χ0n) is 21.7. The lowest BCUT2D eigenvalue weighted by atomic mass is 9.75. The first-order chi connectivity index (χ1) is 18.1. The topological polar surface area (TPSA) is 141 Å². The molecule has 1 heterocycles. The Labute approximate surface area is 222 Å². The number of carbonyl (C=O) groups excluding carboxylic acids is 3. The van der Waals surface area contributed by atoms with E-state index in [9.17, 15) is 24.4 Å². The van der Waals surface area contributed by atoms with E-state index in [0.717, 1.165) is 16.7 Å². The van der Waals surface area contributed by atoms with Crippen LogP contribution in [0, 0.1) is 12.8 Å². The fourth-order valence-corrected chi connectivity index (χ4v) is 3.85. The molecule has 38 heavy (non-hydrogen) atoms. The van der Waals surface area contributed by atoms with Crippen LogP contribution < -0.4 is 16.0 Å². The molecule has 0 bridgehead atoms. The van der Waals surface area contributed by atoms with Crippen molar-refractivity contribution in [2.24, 2.45) is 5.92 Å². The Bertz CT molecular complexity index is 1240. The molecule has 0 radical (unpaired) electrons. The molecule has 10 heteroatoms. The summed E-state index contributed by atoms with van der Waals surface area (Å²) in [6.07, 6.45) is 3.33. The third-order valence-corrected chi connectivity index (χ3v) is 5.92. The van der Waals surface area contributed by atoms with Crippen LogP contribution in [-0.2, 0) is 4.79 Å². The van der Waals surface area contributed by atoms with Gasteiger partial charge in [-0.15, -0.1) is 0 Å². The van der Waals surface area contributed by atoms with Crippen molar-refractivity contribution in [2.45, 2.75) is 39.2 Å². The molecule has 3 amide bonds. The first kappa shape index (κ1) is 28.6. The molecule has 0 fully saturated rings. The fourth-order valence-electron chi connectivity index (χ4n) is 3.85. The van der Waals surface area contributed by atoms with Gasteiger partial charge in [0.1, 0.15) is 6.04 Å². The van der Waals surface area contributed by atoms with Gasteiger partial charge in [0.25, 0.3) is 11.8 Å². The number of pyridine rings is 1. The van der Waals surface area contributed by atoms with E-state index in [1.165, 1.54) is 6.20 Å².